The van der Waals surface area contributed by atoms with E-state index >= 15 is 0 Å². The molecule has 1 N–H and O–H groups in total. The van der Waals surface area contributed by atoms with Crippen LogP contribution in [0.3, 0.4) is 0 Å². The van der Waals surface area contributed by atoms with Crippen molar-refractivity contribution < 1.29 is 9.47 Å². The van der Waals surface area contributed by atoms with Gasteiger partial charge in [0.1, 0.15) is 17.9 Å². The highest BCUT2D eigenvalue weighted by molar-refractivity contribution is 5.56. The number of nitrogens with zero attached hydrogens (tertiary/aromatic N) is 3. The average Bonchev–Trinajstić information content (AvgIpc) is 3.09. The molecule has 0 aromatic carbocycles. The minimum atomic E-state index is 0.0854. The normalized spacial score (nSPS) is 22.3. The Morgan fingerprint density at radius 3 is 2.57 bits per heavy atom. The Labute approximate surface area is 124 Å². The van der Waals surface area contributed by atoms with Crippen molar-refractivity contribution in [3.05, 3.63) is 30.1 Å². The number of aromatic nitrogens is 2. The molecule has 0 spiro atoms. The molecule has 0 radical (unpaired) electrons. The highest BCUT2D eigenvalue weighted by Gasteiger charge is 2.35. The molecule has 2 atom stereocenters. The highest BCUT2D eigenvalue weighted by atomic mass is 16.5. The van der Waals surface area contributed by atoms with Crippen LogP contribution in [0.2, 0.25) is 0 Å². The Morgan fingerprint density at radius 2 is 1.95 bits per heavy atom. The molecule has 6 nitrogen and oxygen atoms in total. The molecular formula is C15H22N4O2. The zero-order valence-electron chi connectivity index (χ0n) is 12.7. The van der Waals surface area contributed by atoms with Crippen LogP contribution >= 0.6 is 0 Å². The second-order valence-electron chi connectivity index (χ2n) is 5.29. The van der Waals surface area contributed by atoms with Gasteiger partial charge < -0.3 is 24.1 Å². The molecule has 0 saturated carbocycles. The first-order valence-electron chi connectivity index (χ1n) is 7.19. The summed E-state index contributed by atoms with van der Waals surface area (Å²) in [5.41, 5.74) is 2.13. The Kier molecular flexibility index (Phi) is 4.10. The number of ether oxygens (including phenoxy) is 2. The van der Waals surface area contributed by atoms with E-state index in [1.165, 1.54) is 5.69 Å². The van der Waals surface area contributed by atoms with Crippen molar-refractivity contribution >= 4 is 11.5 Å². The minimum Gasteiger partial charge on any atom is -0.377 e. The standard InChI is InChI=1S/C15H22N4O2/c1-16-8-11-15(17-14-6-4-5-7-19(11)14)18-9-12(20-2)13(10-18)21-3/h4-7,12-13,16H,8-10H2,1-3H3. The van der Waals surface area contributed by atoms with Gasteiger partial charge in [0.05, 0.1) is 5.69 Å². The molecule has 0 bridgehead atoms. The third-order valence-electron chi connectivity index (χ3n) is 4.07. The van der Waals surface area contributed by atoms with Gasteiger partial charge in [0.15, 0.2) is 5.82 Å². The monoisotopic (exact) mass is 290 g/mol. The van der Waals surface area contributed by atoms with Gasteiger partial charge in [-0.1, -0.05) is 6.07 Å². The molecule has 2 unspecified atom stereocenters. The number of hydrogen-bond donors (Lipinski definition) is 1. The van der Waals surface area contributed by atoms with Crippen LogP contribution in [0.5, 0.6) is 0 Å². The van der Waals surface area contributed by atoms with E-state index in [1.807, 2.05) is 25.2 Å². The quantitative estimate of drug-likeness (QED) is 0.887. The summed E-state index contributed by atoms with van der Waals surface area (Å²) in [7, 11) is 5.42. The second-order valence-corrected chi connectivity index (χ2v) is 5.29. The van der Waals surface area contributed by atoms with Crippen LogP contribution in [-0.4, -0.2) is 55.9 Å². The Bertz CT molecular complexity index is 601. The molecule has 6 heteroatoms. The number of rotatable bonds is 5. The fraction of sp³-hybridized carbons (Fsp3) is 0.533. The van der Waals surface area contributed by atoms with E-state index in [0.717, 1.165) is 31.1 Å². The predicted octanol–water partition coefficient (Wildman–Crippen LogP) is 0.904. The average molecular weight is 290 g/mol. The van der Waals surface area contributed by atoms with E-state index in [1.54, 1.807) is 14.2 Å². The van der Waals surface area contributed by atoms with E-state index in [0.29, 0.717) is 0 Å². The maximum Gasteiger partial charge on any atom is 0.152 e. The molecule has 1 saturated heterocycles. The van der Waals surface area contributed by atoms with Crippen molar-refractivity contribution in [2.75, 3.05) is 39.3 Å². The van der Waals surface area contributed by atoms with Gasteiger partial charge in [-0.05, 0) is 19.2 Å². The minimum absolute atomic E-state index is 0.0854. The number of pyridine rings is 1. The maximum atomic E-state index is 5.52. The zero-order chi connectivity index (χ0) is 14.8. The zero-order valence-corrected chi connectivity index (χ0v) is 12.7. The lowest BCUT2D eigenvalue weighted by Crippen LogP contribution is -2.27. The lowest BCUT2D eigenvalue weighted by atomic mass is 10.3. The molecule has 3 heterocycles. The summed E-state index contributed by atoms with van der Waals surface area (Å²) in [6, 6.07) is 6.06. The van der Waals surface area contributed by atoms with Crippen molar-refractivity contribution in [2.45, 2.75) is 18.8 Å². The first kappa shape index (κ1) is 14.3. The third kappa shape index (κ3) is 2.50. The van der Waals surface area contributed by atoms with Crippen LogP contribution in [-0.2, 0) is 16.0 Å². The van der Waals surface area contributed by atoms with Crippen LogP contribution in [0, 0.1) is 0 Å². The van der Waals surface area contributed by atoms with Crippen LogP contribution in [0.25, 0.3) is 5.65 Å². The number of fused-ring (bicyclic) bond motifs is 1. The van der Waals surface area contributed by atoms with Gasteiger partial charge in [0.25, 0.3) is 0 Å². The SMILES string of the molecule is CNCc1c(N2CC(OC)C(OC)C2)nc2ccccn12. The van der Waals surface area contributed by atoms with Crippen LogP contribution in [0.15, 0.2) is 24.4 Å². The lowest BCUT2D eigenvalue weighted by Gasteiger charge is -2.17. The molecule has 21 heavy (non-hydrogen) atoms. The van der Waals surface area contributed by atoms with Crippen LogP contribution in [0.1, 0.15) is 5.69 Å². The highest BCUT2D eigenvalue weighted by Crippen LogP contribution is 2.27. The van der Waals surface area contributed by atoms with Gasteiger partial charge in [-0.25, -0.2) is 4.98 Å². The number of imidazole rings is 1. The van der Waals surface area contributed by atoms with Gasteiger partial charge in [-0.2, -0.15) is 0 Å². The Balaban J connectivity index is 1.98. The summed E-state index contributed by atoms with van der Waals surface area (Å²) in [5, 5.41) is 3.23. The Hall–Kier alpha value is -1.63. The summed E-state index contributed by atoms with van der Waals surface area (Å²) in [6.45, 7) is 2.37. The summed E-state index contributed by atoms with van der Waals surface area (Å²) < 4.78 is 13.2. The summed E-state index contributed by atoms with van der Waals surface area (Å²) >= 11 is 0. The molecule has 0 aliphatic carbocycles. The predicted molar refractivity (Wildman–Crippen MR) is 81.8 cm³/mol. The number of hydrogen-bond acceptors (Lipinski definition) is 5. The fourth-order valence-corrected chi connectivity index (χ4v) is 2.99. The third-order valence-corrected chi connectivity index (χ3v) is 4.07. The van der Waals surface area contributed by atoms with Gasteiger partial charge in [0, 0.05) is 40.1 Å². The first-order chi connectivity index (χ1) is 10.3. The molecule has 1 aliphatic heterocycles. The Morgan fingerprint density at radius 1 is 1.24 bits per heavy atom. The van der Waals surface area contributed by atoms with Gasteiger partial charge in [0.2, 0.25) is 0 Å². The summed E-state index contributed by atoms with van der Waals surface area (Å²) in [5.74, 6) is 1.01. The molecule has 3 rings (SSSR count). The second kappa shape index (κ2) is 6.01. The van der Waals surface area contributed by atoms with Gasteiger partial charge in [-0.15, -0.1) is 0 Å². The molecule has 2 aromatic heterocycles. The van der Waals surface area contributed by atoms with Crippen LogP contribution in [0.4, 0.5) is 5.82 Å². The molecule has 1 aliphatic rings. The van der Waals surface area contributed by atoms with Gasteiger partial charge in [-0.3, -0.25) is 0 Å². The van der Waals surface area contributed by atoms with E-state index in [4.69, 9.17) is 14.5 Å². The topological polar surface area (TPSA) is 51.0 Å². The fourth-order valence-electron chi connectivity index (χ4n) is 2.99. The number of nitrogens with one attached hydrogen (secondary N) is 1. The van der Waals surface area contributed by atoms with Crippen molar-refractivity contribution in [1.82, 2.24) is 14.7 Å². The number of methoxy groups -OCH3 is 2. The van der Waals surface area contributed by atoms with E-state index < -0.39 is 0 Å². The summed E-state index contributed by atoms with van der Waals surface area (Å²) in [6.07, 6.45) is 2.22. The molecule has 114 valence electrons. The molecule has 2 aromatic rings. The van der Waals surface area contributed by atoms with Crippen molar-refractivity contribution in [2.24, 2.45) is 0 Å². The van der Waals surface area contributed by atoms with Crippen molar-refractivity contribution in [3.8, 4) is 0 Å². The summed E-state index contributed by atoms with van der Waals surface area (Å²) in [4.78, 5) is 7.04. The molecule has 1 fully saturated rings. The number of anilines is 1. The molecular weight excluding hydrogens is 268 g/mol. The van der Waals surface area contributed by atoms with Gasteiger partial charge >= 0.3 is 0 Å². The first-order valence-corrected chi connectivity index (χ1v) is 7.19. The van der Waals surface area contributed by atoms with E-state index in [2.05, 4.69) is 20.8 Å². The maximum absolute atomic E-state index is 5.52. The van der Waals surface area contributed by atoms with E-state index in [-0.39, 0.29) is 12.2 Å². The lowest BCUT2D eigenvalue weighted by molar-refractivity contribution is -0.00461. The van der Waals surface area contributed by atoms with Crippen molar-refractivity contribution in [1.29, 1.82) is 0 Å². The largest absolute Gasteiger partial charge is 0.377 e. The van der Waals surface area contributed by atoms with Crippen LogP contribution < -0.4 is 10.2 Å². The van der Waals surface area contributed by atoms with Crippen molar-refractivity contribution in [3.63, 3.8) is 0 Å². The van der Waals surface area contributed by atoms with E-state index in [9.17, 15) is 0 Å². The molecule has 0 amide bonds. The smallest absolute Gasteiger partial charge is 0.152 e.